The van der Waals surface area contributed by atoms with E-state index in [1.165, 1.54) is 24.3 Å². The van der Waals surface area contributed by atoms with E-state index in [4.69, 9.17) is 11.6 Å². The van der Waals surface area contributed by atoms with Crippen molar-refractivity contribution >= 4 is 23.0 Å². The average Bonchev–Trinajstić information content (AvgIpc) is 2.39. The van der Waals surface area contributed by atoms with Gasteiger partial charge in [-0.05, 0) is 36.2 Å². The molecule has 1 N–H and O–H groups in total. The second-order valence-electron chi connectivity index (χ2n) is 4.36. The lowest BCUT2D eigenvalue weighted by Crippen LogP contribution is -2.02. The number of rotatable bonds is 4. The Morgan fingerprint density at radius 1 is 1.35 bits per heavy atom. The zero-order valence-electron chi connectivity index (χ0n) is 10.7. The van der Waals surface area contributed by atoms with Gasteiger partial charge in [-0.1, -0.05) is 23.7 Å². The van der Waals surface area contributed by atoms with Gasteiger partial charge in [-0.25, -0.2) is 4.39 Å². The molecule has 0 aromatic heterocycles. The Hall–Kier alpha value is -2.14. The Morgan fingerprint density at radius 2 is 2.10 bits per heavy atom. The van der Waals surface area contributed by atoms with Gasteiger partial charge in [-0.2, -0.15) is 0 Å². The third-order valence-electron chi connectivity index (χ3n) is 2.86. The van der Waals surface area contributed by atoms with Crippen LogP contribution in [0.4, 0.5) is 15.8 Å². The predicted molar refractivity (Wildman–Crippen MR) is 76.6 cm³/mol. The number of anilines is 1. The van der Waals surface area contributed by atoms with E-state index in [1.807, 2.05) is 0 Å². The molecule has 2 rings (SSSR count). The Balaban J connectivity index is 2.18. The van der Waals surface area contributed by atoms with Gasteiger partial charge in [0, 0.05) is 18.3 Å². The number of halogens is 2. The highest BCUT2D eigenvalue weighted by atomic mass is 35.5. The molecule has 0 aliphatic carbocycles. The van der Waals surface area contributed by atoms with Crippen LogP contribution in [0.25, 0.3) is 0 Å². The van der Waals surface area contributed by atoms with Crippen LogP contribution in [0.1, 0.15) is 11.1 Å². The van der Waals surface area contributed by atoms with Crippen LogP contribution in [-0.2, 0) is 6.54 Å². The fraction of sp³-hybridized carbons (Fsp3) is 0.143. The Kier molecular flexibility index (Phi) is 4.20. The van der Waals surface area contributed by atoms with Gasteiger partial charge in [0.15, 0.2) is 0 Å². The topological polar surface area (TPSA) is 55.2 Å². The van der Waals surface area contributed by atoms with Crippen molar-refractivity contribution in [2.75, 3.05) is 5.32 Å². The first-order chi connectivity index (χ1) is 9.47. The van der Waals surface area contributed by atoms with E-state index in [0.29, 0.717) is 17.8 Å². The molecule has 0 saturated carbocycles. The van der Waals surface area contributed by atoms with Crippen molar-refractivity contribution in [3.63, 3.8) is 0 Å². The van der Waals surface area contributed by atoms with Gasteiger partial charge < -0.3 is 5.32 Å². The first kappa shape index (κ1) is 14.3. The van der Waals surface area contributed by atoms with Gasteiger partial charge in [-0.15, -0.1) is 0 Å². The van der Waals surface area contributed by atoms with E-state index in [-0.39, 0.29) is 16.5 Å². The lowest BCUT2D eigenvalue weighted by Gasteiger charge is -2.10. The molecule has 0 aliphatic heterocycles. The van der Waals surface area contributed by atoms with E-state index in [2.05, 4.69) is 5.32 Å². The first-order valence-electron chi connectivity index (χ1n) is 5.90. The van der Waals surface area contributed by atoms with Crippen LogP contribution in [0.3, 0.4) is 0 Å². The normalized spacial score (nSPS) is 10.3. The molecule has 0 atom stereocenters. The highest BCUT2D eigenvalue weighted by Gasteiger charge is 2.14. The summed E-state index contributed by atoms with van der Waals surface area (Å²) < 4.78 is 13.1. The van der Waals surface area contributed by atoms with E-state index in [1.54, 1.807) is 19.1 Å². The fourth-order valence-electron chi connectivity index (χ4n) is 1.84. The molecule has 0 radical (unpaired) electrons. The van der Waals surface area contributed by atoms with Crippen molar-refractivity contribution in [1.82, 2.24) is 0 Å². The maximum atomic E-state index is 13.1. The Morgan fingerprint density at radius 3 is 2.75 bits per heavy atom. The van der Waals surface area contributed by atoms with Crippen LogP contribution in [0.5, 0.6) is 0 Å². The largest absolute Gasteiger partial charge is 0.381 e. The molecule has 0 aliphatic rings. The molecular weight excluding hydrogens is 283 g/mol. The van der Waals surface area contributed by atoms with Crippen molar-refractivity contribution in [2.24, 2.45) is 0 Å². The summed E-state index contributed by atoms with van der Waals surface area (Å²) in [6.07, 6.45) is 0. The average molecular weight is 295 g/mol. The SMILES string of the molecule is Cc1cc([N+](=O)[O-])c(Cl)cc1NCc1cccc(F)c1. The number of nitro benzene ring substituents is 1. The van der Waals surface area contributed by atoms with Crippen molar-refractivity contribution < 1.29 is 9.31 Å². The number of nitrogens with zero attached hydrogens (tertiary/aromatic N) is 1. The summed E-state index contributed by atoms with van der Waals surface area (Å²) in [5, 5.41) is 13.9. The highest BCUT2D eigenvalue weighted by molar-refractivity contribution is 6.33. The Labute approximate surface area is 120 Å². The number of nitro groups is 1. The molecule has 0 heterocycles. The van der Waals surface area contributed by atoms with Crippen LogP contribution in [0, 0.1) is 22.9 Å². The first-order valence-corrected chi connectivity index (χ1v) is 6.28. The molecule has 0 saturated heterocycles. The van der Waals surface area contributed by atoms with Crippen molar-refractivity contribution in [1.29, 1.82) is 0 Å². The number of hydrogen-bond acceptors (Lipinski definition) is 3. The predicted octanol–water partition coefficient (Wildman–Crippen LogP) is 4.31. The zero-order valence-corrected chi connectivity index (χ0v) is 11.4. The van der Waals surface area contributed by atoms with Crippen LogP contribution in [0.2, 0.25) is 5.02 Å². The van der Waals surface area contributed by atoms with Crippen molar-refractivity contribution in [2.45, 2.75) is 13.5 Å². The van der Waals surface area contributed by atoms with Crippen LogP contribution in [0.15, 0.2) is 36.4 Å². The van der Waals surface area contributed by atoms with Gasteiger partial charge in [0.25, 0.3) is 5.69 Å². The summed E-state index contributed by atoms with van der Waals surface area (Å²) in [6.45, 7) is 2.16. The van der Waals surface area contributed by atoms with E-state index < -0.39 is 4.92 Å². The molecule has 0 spiro atoms. The second kappa shape index (κ2) is 5.88. The zero-order chi connectivity index (χ0) is 14.7. The standard InChI is InChI=1S/C14H12ClFN2O2/c1-9-5-14(18(19)20)12(15)7-13(9)17-8-10-3-2-4-11(16)6-10/h2-7,17H,8H2,1H3. The number of aryl methyl sites for hydroxylation is 1. The van der Waals surface area contributed by atoms with E-state index >= 15 is 0 Å². The molecule has 2 aromatic carbocycles. The maximum absolute atomic E-state index is 13.1. The van der Waals surface area contributed by atoms with Gasteiger partial charge in [0.1, 0.15) is 10.8 Å². The van der Waals surface area contributed by atoms with Crippen molar-refractivity contribution in [3.05, 3.63) is 68.5 Å². The van der Waals surface area contributed by atoms with E-state index in [9.17, 15) is 14.5 Å². The minimum absolute atomic E-state index is 0.0716. The van der Waals surface area contributed by atoms with E-state index in [0.717, 1.165) is 5.56 Å². The van der Waals surface area contributed by atoms with Gasteiger partial charge in [0.2, 0.25) is 0 Å². The molecule has 2 aromatic rings. The molecule has 104 valence electrons. The summed E-state index contributed by atoms with van der Waals surface area (Å²) >= 11 is 5.86. The third kappa shape index (κ3) is 3.24. The number of hydrogen-bond donors (Lipinski definition) is 1. The molecular formula is C14H12ClFN2O2. The summed E-state index contributed by atoms with van der Waals surface area (Å²) in [6, 6.07) is 9.14. The monoisotopic (exact) mass is 294 g/mol. The minimum Gasteiger partial charge on any atom is -0.381 e. The summed E-state index contributed by atoms with van der Waals surface area (Å²) in [5.41, 5.74) is 2.04. The van der Waals surface area contributed by atoms with Gasteiger partial charge >= 0.3 is 0 Å². The summed E-state index contributed by atoms with van der Waals surface area (Å²) in [5.74, 6) is -0.303. The quantitative estimate of drug-likeness (QED) is 0.675. The highest BCUT2D eigenvalue weighted by Crippen LogP contribution is 2.30. The second-order valence-corrected chi connectivity index (χ2v) is 4.77. The lowest BCUT2D eigenvalue weighted by molar-refractivity contribution is -0.384. The molecule has 20 heavy (non-hydrogen) atoms. The fourth-order valence-corrected chi connectivity index (χ4v) is 2.07. The minimum atomic E-state index is -0.522. The van der Waals surface area contributed by atoms with Crippen molar-refractivity contribution in [3.8, 4) is 0 Å². The van der Waals surface area contributed by atoms with Crippen LogP contribution >= 0.6 is 11.6 Å². The number of benzene rings is 2. The molecule has 0 fully saturated rings. The molecule has 4 nitrogen and oxygen atoms in total. The van der Waals surface area contributed by atoms with Gasteiger partial charge in [0.05, 0.1) is 4.92 Å². The lowest BCUT2D eigenvalue weighted by atomic mass is 10.1. The van der Waals surface area contributed by atoms with Crippen LogP contribution < -0.4 is 5.32 Å². The third-order valence-corrected chi connectivity index (χ3v) is 3.17. The molecule has 0 bridgehead atoms. The number of nitrogens with one attached hydrogen (secondary N) is 1. The molecule has 0 amide bonds. The summed E-state index contributed by atoms with van der Waals surface area (Å²) in [4.78, 5) is 10.2. The smallest absolute Gasteiger partial charge is 0.288 e. The molecule has 6 heteroatoms. The molecule has 0 unspecified atom stereocenters. The maximum Gasteiger partial charge on any atom is 0.288 e. The van der Waals surface area contributed by atoms with Crippen LogP contribution in [-0.4, -0.2) is 4.92 Å². The van der Waals surface area contributed by atoms with Gasteiger partial charge in [-0.3, -0.25) is 10.1 Å². The Bertz CT molecular complexity index is 662. The summed E-state index contributed by atoms with van der Waals surface area (Å²) in [7, 11) is 0.